The predicted molar refractivity (Wildman–Crippen MR) is 134 cm³/mol. The van der Waals surface area contributed by atoms with Gasteiger partial charge in [-0.2, -0.15) is 0 Å². The zero-order valence-electron chi connectivity index (χ0n) is 19.5. The van der Waals surface area contributed by atoms with Crippen molar-refractivity contribution < 1.29 is 4.79 Å². The van der Waals surface area contributed by atoms with Crippen molar-refractivity contribution in [3.63, 3.8) is 0 Å². The largest absolute Gasteiger partial charge is 0.373 e. The lowest BCUT2D eigenvalue weighted by atomic mass is 9.98. The van der Waals surface area contributed by atoms with E-state index in [9.17, 15) is 4.79 Å². The average Bonchev–Trinajstić information content (AvgIpc) is 3.30. The molecule has 3 N–H and O–H groups in total. The van der Waals surface area contributed by atoms with E-state index in [4.69, 9.17) is 0 Å². The molecule has 0 aliphatic heterocycles. The summed E-state index contributed by atoms with van der Waals surface area (Å²) < 4.78 is 0. The number of benzene rings is 1. The Labute approximate surface area is 201 Å². The van der Waals surface area contributed by atoms with Gasteiger partial charge in [-0.25, -0.2) is 19.9 Å². The van der Waals surface area contributed by atoms with Crippen LogP contribution in [-0.2, 0) is 5.41 Å². The van der Waals surface area contributed by atoms with Crippen molar-refractivity contribution in [1.82, 2.24) is 30.1 Å². The molecule has 0 unspecified atom stereocenters. The summed E-state index contributed by atoms with van der Waals surface area (Å²) in [5.74, 6) is 0.980. The van der Waals surface area contributed by atoms with Gasteiger partial charge >= 0.3 is 0 Å². The number of carbonyl (C=O) groups excluding carboxylic acids is 1. The number of aryl methyl sites for hydroxylation is 1. The minimum atomic E-state index is -0.267. The number of anilines is 4. The average molecular weight is 476 g/mol. The summed E-state index contributed by atoms with van der Waals surface area (Å²) in [5.41, 5.74) is 3.41. The van der Waals surface area contributed by atoms with E-state index in [0.29, 0.717) is 33.6 Å². The van der Waals surface area contributed by atoms with Crippen molar-refractivity contribution in [2.24, 2.45) is 0 Å². The van der Waals surface area contributed by atoms with E-state index < -0.39 is 0 Å². The van der Waals surface area contributed by atoms with Crippen LogP contribution in [0, 0.1) is 6.92 Å². The van der Waals surface area contributed by atoms with E-state index in [1.54, 1.807) is 25.4 Å². The highest BCUT2D eigenvalue weighted by Gasteiger charge is 2.20. The second kappa shape index (κ2) is 9.48. The number of hydrogen-bond acceptors (Lipinski definition) is 10. The standard InChI is InChI=1S/C23H25N9OS/c1-13-6-7-14(20(33)30-22-32-31-21(34-22)23(2,3)4)8-16(13)29-19-15(10-25-11-28-19)17-9-18(24-5)27-12-26-17/h6-12H,1-5H3,(H,24,26,27)(H,25,28,29)(H,30,32,33). The number of nitrogens with zero attached hydrogens (tertiary/aromatic N) is 6. The van der Waals surface area contributed by atoms with Crippen LogP contribution in [0.15, 0.2) is 43.1 Å². The number of aromatic nitrogens is 6. The lowest BCUT2D eigenvalue weighted by molar-refractivity contribution is 0.102. The lowest BCUT2D eigenvalue weighted by Crippen LogP contribution is -2.12. The summed E-state index contributed by atoms with van der Waals surface area (Å²) in [6, 6.07) is 7.24. The van der Waals surface area contributed by atoms with E-state index in [1.807, 2.05) is 19.1 Å². The third kappa shape index (κ3) is 5.15. The van der Waals surface area contributed by atoms with Gasteiger partial charge in [-0.1, -0.05) is 38.2 Å². The fourth-order valence-electron chi connectivity index (χ4n) is 3.03. The molecule has 3 heterocycles. The SMILES string of the molecule is CNc1cc(-c2cncnc2Nc2cc(C(=O)Nc3nnc(C(C)(C)C)s3)ccc2C)ncn1. The maximum absolute atomic E-state index is 12.9. The third-order valence-electron chi connectivity index (χ3n) is 4.95. The van der Waals surface area contributed by atoms with Crippen LogP contribution in [0.1, 0.15) is 41.7 Å². The first-order valence-electron chi connectivity index (χ1n) is 10.6. The quantitative estimate of drug-likeness (QED) is 0.371. The molecule has 10 nitrogen and oxygen atoms in total. The van der Waals surface area contributed by atoms with Gasteiger partial charge in [0.25, 0.3) is 5.91 Å². The maximum Gasteiger partial charge on any atom is 0.257 e. The number of carbonyl (C=O) groups is 1. The first-order chi connectivity index (χ1) is 16.2. The van der Waals surface area contributed by atoms with E-state index >= 15 is 0 Å². The van der Waals surface area contributed by atoms with Gasteiger partial charge in [0, 0.05) is 36.0 Å². The number of amides is 1. The Morgan fingerprint density at radius 2 is 1.85 bits per heavy atom. The van der Waals surface area contributed by atoms with Crippen LogP contribution in [0.5, 0.6) is 0 Å². The van der Waals surface area contributed by atoms with Crippen LogP contribution in [0.25, 0.3) is 11.3 Å². The molecule has 0 saturated carbocycles. The molecule has 3 aromatic heterocycles. The maximum atomic E-state index is 12.9. The number of hydrogen-bond donors (Lipinski definition) is 3. The van der Waals surface area contributed by atoms with E-state index in [2.05, 4.69) is 66.9 Å². The summed E-state index contributed by atoms with van der Waals surface area (Å²) >= 11 is 1.37. The van der Waals surface area contributed by atoms with Gasteiger partial charge in [-0.15, -0.1) is 10.2 Å². The van der Waals surface area contributed by atoms with Crippen LogP contribution >= 0.6 is 11.3 Å². The Bertz CT molecular complexity index is 1330. The van der Waals surface area contributed by atoms with Crippen LogP contribution in [0.2, 0.25) is 0 Å². The van der Waals surface area contributed by atoms with Gasteiger partial charge in [0.15, 0.2) is 0 Å². The molecule has 0 atom stereocenters. The van der Waals surface area contributed by atoms with Gasteiger partial charge in [0.2, 0.25) is 5.13 Å². The molecule has 1 amide bonds. The highest BCUT2D eigenvalue weighted by Crippen LogP contribution is 2.30. The predicted octanol–water partition coefficient (Wildman–Crippen LogP) is 4.43. The van der Waals surface area contributed by atoms with Crippen molar-refractivity contribution in [2.75, 3.05) is 23.0 Å². The molecule has 0 fully saturated rings. The van der Waals surface area contributed by atoms with Crippen molar-refractivity contribution in [3.05, 3.63) is 59.3 Å². The smallest absolute Gasteiger partial charge is 0.257 e. The van der Waals surface area contributed by atoms with Crippen molar-refractivity contribution in [3.8, 4) is 11.3 Å². The fraction of sp³-hybridized carbons (Fsp3) is 0.261. The summed E-state index contributed by atoms with van der Waals surface area (Å²) in [6.07, 6.45) is 4.62. The van der Waals surface area contributed by atoms with Crippen LogP contribution < -0.4 is 16.0 Å². The minimum Gasteiger partial charge on any atom is -0.373 e. The molecule has 0 radical (unpaired) electrons. The first-order valence-corrected chi connectivity index (χ1v) is 11.4. The second-order valence-electron chi connectivity index (χ2n) is 8.59. The van der Waals surface area contributed by atoms with Gasteiger partial charge in [-0.3, -0.25) is 10.1 Å². The summed E-state index contributed by atoms with van der Waals surface area (Å²) in [4.78, 5) is 29.9. The van der Waals surface area contributed by atoms with Crippen molar-refractivity contribution >= 4 is 39.7 Å². The first kappa shape index (κ1) is 23.2. The van der Waals surface area contributed by atoms with Crippen molar-refractivity contribution in [1.29, 1.82) is 0 Å². The summed E-state index contributed by atoms with van der Waals surface area (Å²) in [5, 5.41) is 18.8. The summed E-state index contributed by atoms with van der Waals surface area (Å²) in [6.45, 7) is 8.12. The zero-order valence-corrected chi connectivity index (χ0v) is 20.4. The molecule has 0 bridgehead atoms. The molecule has 4 aromatic rings. The molecule has 0 aliphatic rings. The van der Waals surface area contributed by atoms with E-state index in [-0.39, 0.29) is 11.3 Å². The molecule has 4 rings (SSSR count). The Morgan fingerprint density at radius 3 is 2.59 bits per heavy atom. The number of rotatable bonds is 6. The van der Waals surface area contributed by atoms with Crippen molar-refractivity contribution in [2.45, 2.75) is 33.1 Å². The van der Waals surface area contributed by atoms with E-state index in [0.717, 1.165) is 16.3 Å². The highest BCUT2D eigenvalue weighted by molar-refractivity contribution is 7.15. The monoisotopic (exact) mass is 475 g/mol. The molecule has 174 valence electrons. The topological polar surface area (TPSA) is 130 Å². The lowest BCUT2D eigenvalue weighted by Gasteiger charge is -2.14. The molecular weight excluding hydrogens is 450 g/mol. The summed E-state index contributed by atoms with van der Waals surface area (Å²) in [7, 11) is 1.79. The molecule has 1 aromatic carbocycles. The molecule has 0 aliphatic carbocycles. The van der Waals surface area contributed by atoms with Crippen LogP contribution in [0.4, 0.5) is 22.5 Å². The molecule has 34 heavy (non-hydrogen) atoms. The highest BCUT2D eigenvalue weighted by atomic mass is 32.1. The van der Waals surface area contributed by atoms with Crippen LogP contribution in [-0.4, -0.2) is 43.1 Å². The molecule has 0 spiro atoms. The Hall–Kier alpha value is -3.99. The second-order valence-corrected chi connectivity index (χ2v) is 9.57. The zero-order chi connectivity index (χ0) is 24.3. The Balaban J connectivity index is 1.59. The Morgan fingerprint density at radius 1 is 1.03 bits per heavy atom. The van der Waals surface area contributed by atoms with Gasteiger partial charge in [-0.05, 0) is 24.6 Å². The van der Waals surface area contributed by atoms with Gasteiger partial charge in [0.1, 0.15) is 29.3 Å². The number of nitrogens with one attached hydrogen (secondary N) is 3. The van der Waals surface area contributed by atoms with Gasteiger partial charge in [0.05, 0.1) is 11.3 Å². The molecule has 0 saturated heterocycles. The fourth-order valence-corrected chi connectivity index (χ4v) is 3.83. The molecule has 11 heteroatoms. The van der Waals surface area contributed by atoms with E-state index in [1.165, 1.54) is 24.0 Å². The minimum absolute atomic E-state index is 0.130. The van der Waals surface area contributed by atoms with Crippen LogP contribution in [0.3, 0.4) is 0 Å². The normalized spacial score (nSPS) is 11.2. The molecular formula is C23H25N9OS. The van der Waals surface area contributed by atoms with Gasteiger partial charge < -0.3 is 10.6 Å². The Kier molecular flexibility index (Phi) is 6.46. The third-order valence-corrected chi connectivity index (χ3v) is 6.22.